The van der Waals surface area contributed by atoms with E-state index in [1.165, 1.54) is 0 Å². The molecule has 78 valence electrons. The van der Waals surface area contributed by atoms with E-state index in [4.69, 9.17) is 6.42 Å². The fourth-order valence-corrected chi connectivity index (χ4v) is 1.39. The molecule has 1 amide bonds. The average molecular weight is 201 g/mol. The molecule has 0 saturated carbocycles. The van der Waals surface area contributed by atoms with Crippen LogP contribution in [-0.4, -0.2) is 11.9 Å². The first-order valence-electron chi connectivity index (χ1n) is 4.93. The van der Waals surface area contributed by atoms with Gasteiger partial charge < -0.3 is 5.32 Å². The van der Waals surface area contributed by atoms with Crippen LogP contribution in [0.2, 0.25) is 0 Å². The van der Waals surface area contributed by atoms with Crippen LogP contribution >= 0.6 is 0 Å². The number of rotatable bonds is 2. The second-order valence-electron chi connectivity index (χ2n) is 3.77. The van der Waals surface area contributed by atoms with Crippen molar-refractivity contribution in [3.8, 4) is 12.3 Å². The zero-order valence-electron chi connectivity index (χ0n) is 9.29. The van der Waals surface area contributed by atoms with E-state index < -0.39 is 0 Å². The maximum Gasteiger partial charge on any atom is 0.252 e. The molecule has 0 aliphatic rings. The Bertz CT molecular complexity index is 413. The molecule has 0 heterocycles. The van der Waals surface area contributed by atoms with Gasteiger partial charge in [-0.3, -0.25) is 4.79 Å². The highest BCUT2D eigenvalue weighted by Gasteiger charge is 2.11. The summed E-state index contributed by atoms with van der Waals surface area (Å²) in [6, 6.07) is 5.61. The van der Waals surface area contributed by atoms with Crippen molar-refractivity contribution in [2.24, 2.45) is 0 Å². The predicted molar refractivity (Wildman–Crippen MR) is 61.7 cm³/mol. The molecule has 15 heavy (non-hydrogen) atoms. The first-order valence-corrected chi connectivity index (χ1v) is 4.93. The Labute approximate surface area is 90.7 Å². The lowest BCUT2D eigenvalue weighted by molar-refractivity contribution is 0.0943. The van der Waals surface area contributed by atoms with Crippen LogP contribution in [0.3, 0.4) is 0 Å². The standard InChI is InChI=1S/C13H15NO/c1-5-11-10(4)7-6-8-12(11)13(15)14-9(2)3/h1,6-9H,2-4H3,(H,14,15). The molecule has 0 fully saturated rings. The van der Waals surface area contributed by atoms with Crippen LogP contribution < -0.4 is 5.32 Å². The number of carbonyl (C=O) groups is 1. The first-order chi connectivity index (χ1) is 7.06. The molecule has 0 atom stereocenters. The number of hydrogen-bond acceptors (Lipinski definition) is 1. The van der Waals surface area contributed by atoms with Gasteiger partial charge >= 0.3 is 0 Å². The highest BCUT2D eigenvalue weighted by atomic mass is 16.1. The summed E-state index contributed by atoms with van der Waals surface area (Å²) in [5.74, 6) is 2.45. The van der Waals surface area contributed by atoms with E-state index in [0.717, 1.165) is 5.56 Å². The molecule has 0 saturated heterocycles. The van der Waals surface area contributed by atoms with Gasteiger partial charge in [-0.25, -0.2) is 0 Å². The van der Waals surface area contributed by atoms with Crippen molar-refractivity contribution in [2.75, 3.05) is 0 Å². The zero-order chi connectivity index (χ0) is 11.4. The Hall–Kier alpha value is -1.75. The maximum absolute atomic E-state index is 11.8. The van der Waals surface area contributed by atoms with Crippen LogP contribution in [-0.2, 0) is 0 Å². The fraction of sp³-hybridized carbons (Fsp3) is 0.308. The summed E-state index contributed by atoms with van der Waals surface area (Å²) < 4.78 is 0. The van der Waals surface area contributed by atoms with Gasteiger partial charge in [0.15, 0.2) is 0 Å². The van der Waals surface area contributed by atoms with E-state index in [2.05, 4.69) is 11.2 Å². The van der Waals surface area contributed by atoms with Crippen LogP contribution in [0, 0.1) is 19.3 Å². The lowest BCUT2D eigenvalue weighted by Crippen LogP contribution is -2.30. The summed E-state index contributed by atoms with van der Waals surface area (Å²) in [7, 11) is 0. The largest absolute Gasteiger partial charge is 0.350 e. The number of carbonyl (C=O) groups excluding carboxylic acids is 1. The minimum atomic E-state index is -0.110. The van der Waals surface area contributed by atoms with Gasteiger partial charge in [-0.05, 0) is 32.4 Å². The minimum absolute atomic E-state index is 0.110. The van der Waals surface area contributed by atoms with Crippen LogP contribution in [0.1, 0.15) is 35.3 Å². The molecule has 2 nitrogen and oxygen atoms in total. The topological polar surface area (TPSA) is 29.1 Å². The summed E-state index contributed by atoms with van der Waals surface area (Å²) in [6.07, 6.45) is 5.39. The Balaban J connectivity index is 3.10. The number of nitrogens with one attached hydrogen (secondary N) is 1. The van der Waals surface area contributed by atoms with Crippen LogP contribution in [0.25, 0.3) is 0 Å². The van der Waals surface area contributed by atoms with Crippen molar-refractivity contribution in [1.82, 2.24) is 5.32 Å². The van der Waals surface area contributed by atoms with Gasteiger partial charge in [0.05, 0.1) is 5.56 Å². The van der Waals surface area contributed by atoms with Gasteiger partial charge in [-0.1, -0.05) is 18.1 Å². The van der Waals surface area contributed by atoms with Gasteiger partial charge in [0.25, 0.3) is 5.91 Å². The molecule has 0 bridgehead atoms. The van der Waals surface area contributed by atoms with E-state index >= 15 is 0 Å². The number of amides is 1. The monoisotopic (exact) mass is 201 g/mol. The zero-order valence-corrected chi connectivity index (χ0v) is 9.29. The summed E-state index contributed by atoms with van der Waals surface area (Å²) in [5, 5.41) is 2.83. The molecule has 0 aliphatic carbocycles. The van der Waals surface area contributed by atoms with Gasteiger partial charge in [-0.2, -0.15) is 0 Å². The summed E-state index contributed by atoms with van der Waals surface area (Å²) in [5.41, 5.74) is 2.20. The molecule has 1 aromatic carbocycles. The summed E-state index contributed by atoms with van der Waals surface area (Å²) >= 11 is 0. The first kappa shape index (κ1) is 11.3. The Morgan fingerprint density at radius 3 is 2.67 bits per heavy atom. The number of terminal acetylenes is 1. The molecule has 0 aromatic heterocycles. The van der Waals surface area contributed by atoms with Crippen LogP contribution in [0.15, 0.2) is 18.2 Å². The Morgan fingerprint density at radius 2 is 2.13 bits per heavy atom. The third kappa shape index (κ3) is 2.60. The molecule has 1 aromatic rings. The van der Waals surface area contributed by atoms with Crippen molar-refractivity contribution in [3.63, 3.8) is 0 Å². The number of aryl methyl sites for hydroxylation is 1. The third-order valence-electron chi connectivity index (χ3n) is 2.08. The lowest BCUT2D eigenvalue weighted by atomic mass is 10.0. The maximum atomic E-state index is 11.8. The second kappa shape index (κ2) is 4.65. The minimum Gasteiger partial charge on any atom is -0.350 e. The van der Waals surface area contributed by atoms with Crippen molar-refractivity contribution in [1.29, 1.82) is 0 Å². The van der Waals surface area contributed by atoms with E-state index in [-0.39, 0.29) is 11.9 Å². The molecular weight excluding hydrogens is 186 g/mol. The molecule has 1 rings (SSSR count). The van der Waals surface area contributed by atoms with E-state index in [9.17, 15) is 4.79 Å². The smallest absolute Gasteiger partial charge is 0.252 e. The van der Waals surface area contributed by atoms with Crippen LogP contribution in [0.4, 0.5) is 0 Å². The van der Waals surface area contributed by atoms with Gasteiger partial charge in [-0.15, -0.1) is 6.42 Å². The molecule has 0 radical (unpaired) electrons. The highest BCUT2D eigenvalue weighted by molar-refractivity contribution is 5.97. The molecule has 0 spiro atoms. The molecule has 0 unspecified atom stereocenters. The summed E-state index contributed by atoms with van der Waals surface area (Å²) in [4.78, 5) is 11.8. The average Bonchev–Trinajstić information content (AvgIpc) is 2.16. The SMILES string of the molecule is C#Cc1c(C)cccc1C(=O)NC(C)C. The number of benzene rings is 1. The fourth-order valence-electron chi connectivity index (χ4n) is 1.39. The van der Waals surface area contributed by atoms with Gasteiger partial charge in [0, 0.05) is 11.6 Å². The predicted octanol–water partition coefficient (Wildman–Crippen LogP) is 2.11. The summed E-state index contributed by atoms with van der Waals surface area (Å²) in [6.45, 7) is 5.74. The second-order valence-corrected chi connectivity index (χ2v) is 3.77. The van der Waals surface area contributed by atoms with Crippen molar-refractivity contribution < 1.29 is 4.79 Å². The van der Waals surface area contributed by atoms with Crippen LogP contribution in [0.5, 0.6) is 0 Å². The highest BCUT2D eigenvalue weighted by Crippen LogP contribution is 2.12. The van der Waals surface area contributed by atoms with E-state index in [0.29, 0.717) is 11.1 Å². The Morgan fingerprint density at radius 1 is 1.47 bits per heavy atom. The van der Waals surface area contributed by atoms with Gasteiger partial charge in [0.1, 0.15) is 0 Å². The van der Waals surface area contributed by atoms with Crippen molar-refractivity contribution in [3.05, 3.63) is 34.9 Å². The normalized spacial score (nSPS) is 9.80. The Kier molecular flexibility index (Phi) is 3.51. The molecule has 1 N–H and O–H groups in total. The van der Waals surface area contributed by atoms with Crippen molar-refractivity contribution in [2.45, 2.75) is 26.8 Å². The molecule has 0 aliphatic heterocycles. The van der Waals surface area contributed by atoms with E-state index in [1.54, 1.807) is 6.07 Å². The quantitative estimate of drug-likeness (QED) is 0.729. The number of hydrogen-bond donors (Lipinski definition) is 1. The molecular formula is C13H15NO. The third-order valence-corrected chi connectivity index (χ3v) is 2.08. The van der Waals surface area contributed by atoms with E-state index in [1.807, 2.05) is 32.9 Å². The molecule has 2 heteroatoms. The lowest BCUT2D eigenvalue weighted by Gasteiger charge is -2.10. The van der Waals surface area contributed by atoms with Crippen molar-refractivity contribution >= 4 is 5.91 Å². The van der Waals surface area contributed by atoms with Gasteiger partial charge in [0.2, 0.25) is 0 Å².